The van der Waals surface area contributed by atoms with Crippen molar-refractivity contribution in [1.82, 2.24) is 14.5 Å². The van der Waals surface area contributed by atoms with Crippen LogP contribution in [0, 0.1) is 13.8 Å². The number of hydrogen-bond acceptors (Lipinski definition) is 4. The van der Waals surface area contributed by atoms with Crippen molar-refractivity contribution in [3.05, 3.63) is 200 Å². The zero-order valence-corrected chi connectivity index (χ0v) is 31.6. The van der Waals surface area contributed by atoms with Crippen LogP contribution >= 0.6 is 0 Å². The number of fused-ring (bicyclic) bond motifs is 6. The van der Waals surface area contributed by atoms with Crippen LogP contribution in [0.15, 0.2) is 188 Å². The minimum atomic E-state index is 0.971. The number of hydrogen-bond donors (Lipinski definition) is 0. The molecule has 0 radical (unpaired) electrons. The van der Waals surface area contributed by atoms with Crippen molar-refractivity contribution in [2.45, 2.75) is 13.8 Å². The Labute approximate surface area is 331 Å². The number of nitrogens with zero attached hydrogens (tertiary/aromatic N) is 5. The maximum absolute atomic E-state index is 4.92. The lowest BCUT2D eigenvalue weighted by Crippen LogP contribution is -2.24. The van der Waals surface area contributed by atoms with E-state index in [1.165, 1.54) is 38.3 Å². The molecule has 0 saturated heterocycles. The van der Waals surface area contributed by atoms with Gasteiger partial charge in [-0.05, 0) is 126 Å². The van der Waals surface area contributed by atoms with Gasteiger partial charge in [0.05, 0.1) is 39.5 Å². The minimum Gasteiger partial charge on any atom is -0.309 e. The molecule has 11 rings (SSSR count). The molecule has 1 aliphatic rings. The van der Waals surface area contributed by atoms with Gasteiger partial charge >= 0.3 is 0 Å². The second-order valence-corrected chi connectivity index (χ2v) is 14.9. The van der Waals surface area contributed by atoms with E-state index in [1.54, 1.807) is 0 Å². The summed E-state index contributed by atoms with van der Waals surface area (Å²) in [6, 6.07) is 61.6. The number of para-hydroxylation sites is 2. The number of anilines is 6. The second-order valence-electron chi connectivity index (χ2n) is 14.9. The van der Waals surface area contributed by atoms with Crippen molar-refractivity contribution >= 4 is 66.7 Å². The van der Waals surface area contributed by atoms with E-state index in [-0.39, 0.29) is 0 Å². The first-order valence-corrected chi connectivity index (χ1v) is 19.4. The normalized spacial score (nSPS) is 12.3. The van der Waals surface area contributed by atoms with E-state index >= 15 is 0 Å². The molecular formula is C52H37N5. The SMILES string of the molecule is Cc1cc(C)cc(N2c3cc(-c4ccncc4)ccc3N(c3cccc(-c4nccc5ccccc45)c3)c3ccc(-n4c5ccccc5c5ccccc54)cc32)c1. The fourth-order valence-corrected chi connectivity index (χ4v) is 8.87. The van der Waals surface area contributed by atoms with Crippen LogP contribution in [0.3, 0.4) is 0 Å². The minimum absolute atomic E-state index is 0.971. The van der Waals surface area contributed by atoms with E-state index < -0.39 is 0 Å². The molecule has 5 heteroatoms. The van der Waals surface area contributed by atoms with Gasteiger partial charge in [-0.1, -0.05) is 84.9 Å². The largest absolute Gasteiger partial charge is 0.309 e. The third-order valence-corrected chi connectivity index (χ3v) is 11.3. The van der Waals surface area contributed by atoms with E-state index in [0.717, 1.165) is 67.6 Å². The molecule has 0 fully saturated rings. The predicted molar refractivity (Wildman–Crippen MR) is 237 cm³/mol. The Hall–Kier alpha value is -7.50. The zero-order valence-electron chi connectivity index (χ0n) is 31.6. The Bertz CT molecular complexity index is 3100. The molecule has 4 heterocycles. The average Bonchev–Trinajstić information content (AvgIpc) is 3.59. The van der Waals surface area contributed by atoms with E-state index in [1.807, 2.05) is 18.6 Å². The Morgan fingerprint density at radius 1 is 0.386 bits per heavy atom. The Morgan fingerprint density at radius 2 is 1.04 bits per heavy atom. The lowest BCUT2D eigenvalue weighted by molar-refractivity contribution is 1.13. The van der Waals surface area contributed by atoms with Crippen molar-refractivity contribution in [1.29, 1.82) is 0 Å². The van der Waals surface area contributed by atoms with Gasteiger partial charge in [-0.25, -0.2) is 0 Å². The lowest BCUT2D eigenvalue weighted by atomic mass is 9.98. The molecule has 5 nitrogen and oxygen atoms in total. The highest BCUT2D eigenvalue weighted by molar-refractivity contribution is 6.10. The van der Waals surface area contributed by atoms with Gasteiger partial charge in [0.1, 0.15) is 0 Å². The highest BCUT2D eigenvalue weighted by Crippen LogP contribution is 2.56. The smallest absolute Gasteiger partial charge is 0.0781 e. The number of pyridine rings is 2. The molecule has 7 aromatic carbocycles. The standard InChI is InChI=1S/C52H37N5/c1-34-28-35(2)30-42(29-34)57-50-32-38(36-22-25-53-26-23-36)18-20-48(50)56(40-12-9-11-39(31-40)52-43-13-4-3-10-37(43)24-27-54-52)49-21-19-41(33-51(49)57)55-46-16-7-5-14-44(46)45-15-6-8-17-47(45)55/h3-33H,1-2H3. The zero-order chi connectivity index (χ0) is 38.0. The van der Waals surface area contributed by atoms with E-state index in [9.17, 15) is 0 Å². The summed E-state index contributed by atoms with van der Waals surface area (Å²) in [5.41, 5.74) is 16.7. The van der Waals surface area contributed by atoms with Gasteiger partial charge in [-0.2, -0.15) is 0 Å². The summed E-state index contributed by atoms with van der Waals surface area (Å²) < 4.78 is 2.41. The summed E-state index contributed by atoms with van der Waals surface area (Å²) >= 11 is 0. The van der Waals surface area contributed by atoms with Gasteiger partial charge in [-0.3, -0.25) is 9.97 Å². The Morgan fingerprint density at radius 3 is 1.79 bits per heavy atom. The highest BCUT2D eigenvalue weighted by atomic mass is 15.3. The summed E-state index contributed by atoms with van der Waals surface area (Å²) in [5.74, 6) is 0. The molecule has 0 bridgehead atoms. The molecular weight excluding hydrogens is 695 g/mol. The fourth-order valence-electron chi connectivity index (χ4n) is 8.87. The Kier molecular flexibility index (Phi) is 7.54. The van der Waals surface area contributed by atoms with Crippen molar-refractivity contribution in [2.75, 3.05) is 9.80 Å². The van der Waals surface area contributed by atoms with Gasteiger partial charge in [0.15, 0.2) is 0 Å². The van der Waals surface area contributed by atoms with E-state index in [4.69, 9.17) is 4.98 Å². The first-order chi connectivity index (χ1) is 28.1. The summed E-state index contributed by atoms with van der Waals surface area (Å²) in [5, 5.41) is 4.79. The van der Waals surface area contributed by atoms with Crippen LogP contribution in [-0.4, -0.2) is 14.5 Å². The molecule has 0 aliphatic carbocycles. The van der Waals surface area contributed by atoms with Crippen LogP contribution in [0.1, 0.15) is 11.1 Å². The number of rotatable bonds is 5. The maximum atomic E-state index is 4.92. The summed E-state index contributed by atoms with van der Waals surface area (Å²) in [6.07, 6.45) is 5.64. The molecule has 0 spiro atoms. The van der Waals surface area contributed by atoms with Crippen molar-refractivity contribution in [3.63, 3.8) is 0 Å². The molecule has 3 aromatic heterocycles. The molecule has 0 atom stereocenters. The van der Waals surface area contributed by atoms with Crippen molar-refractivity contribution in [3.8, 4) is 28.1 Å². The van der Waals surface area contributed by atoms with Crippen LogP contribution in [0.25, 0.3) is 60.6 Å². The van der Waals surface area contributed by atoms with Crippen LogP contribution in [0.2, 0.25) is 0 Å². The molecule has 0 N–H and O–H groups in total. The molecule has 270 valence electrons. The van der Waals surface area contributed by atoms with Gasteiger partial charge < -0.3 is 14.4 Å². The monoisotopic (exact) mass is 731 g/mol. The van der Waals surface area contributed by atoms with Gasteiger partial charge in [0, 0.05) is 57.4 Å². The van der Waals surface area contributed by atoms with Crippen molar-refractivity contribution < 1.29 is 0 Å². The van der Waals surface area contributed by atoms with E-state index in [2.05, 4.69) is 203 Å². The van der Waals surface area contributed by atoms with Gasteiger partial charge in [0.25, 0.3) is 0 Å². The molecule has 1 aliphatic heterocycles. The first kappa shape index (κ1) is 32.9. The van der Waals surface area contributed by atoms with Gasteiger partial charge in [0.2, 0.25) is 0 Å². The third-order valence-electron chi connectivity index (χ3n) is 11.3. The number of aromatic nitrogens is 3. The maximum Gasteiger partial charge on any atom is 0.0781 e. The van der Waals surface area contributed by atoms with Crippen molar-refractivity contribution in [2.24, 2.45) is 0 Å². The summed E-state index contributed by atoms with van der Waals surface area (Å²) in [4.78, 5) is 14.1. The molecule has 57 heavy (non-hydrogen) atoms. The quantitative estimate of drug-likeness (QED) is 0.177. The molecule has 10 aromatic rings. The Balaban J connectivity index is 1.20. The predicted octanol–water partition coefficient (Wildman–Crippen LogP) is 13.9. The first-order valence-electron chi connectivity index (χ1n) is 19.4. The highest BCUT2D eigenvalue weighted by Gasteiger charge is 2.32. The van der Waals surface area contributed by atoms with Crippen LogP contribution in [0.4, 0.5) is 34.1 Å². The summed E-state index contributed by atoms with van der Waals surface area (Å²) in [6.45, 7) is 4.37. The molecule has 0 unspecified atom stereocenters. The second kappa shape index (κ2) is 13.1. The average molecular weight is 732 g/mol. The molecule has 0 saturated carbocycles. The summed E-state index contributed by atoms with van der Waals surface area (Å²) in [7, 11) is 0. The van der Waals surface area contributed by atoms with Gasteiger partial charge in [-0.15, -0.1) is 0 Å². The third kappa shape index (κ3) is 5.39. The number of benzene rings is 7. The topological polar surface area (TPSA) is 37.2 Å². The van der Waals surface area contributed by atoms with Crippen LogP contribution < -0.4 is 9.80 Å². The van der Waals surface area contributed by atoms with Crippen LogP contribution in [-0.2, 0) is 0 Å². The van der Waals surface area contributed by atoms with Crippen LogP contribution in [0.5, 0.6) is 0 Å². The lowest BCUT2D eigenvalue weighted by Gasteiger charge is -2.41. The molecule has 0 amide bonds. The van der Waals surface area contributed by atoms with E-state index in [0.29, 0.717) is 0 Å². The number of aryl methyl sites for hydroxylation is 2. The fraction of sp³-hybridized carbons (Fsp3) is 0.0385.